The molecule has 1 heterocycles. The first-order valence-electron chi connectivity index (χ1n) is 21.7. The van der Waals surface area contributed by atoms with Crippen LogP contribution in [-0.4, -0.2) is 0 Å². The lowest BCUT2D eigenvalue weighted by Gasteiger charge is -2.18. The second-order valence-electron chi connectivity index (χ2n) is 10.5. The van der Waals surface area contributed by atoms with Crippen LogP contribution in [0.15, 0.2) is 174 Å². The van der Waals surface area contributed by atoms with Crippen LogP contribution >= 0.6 is 0 Å². The minimum absolute atomic E-state index is 0.0414. The Hall–Kier alpha value is -5.92. The van der Waals surface area contributed by atoms with Crippen LogP contribution in [0, 0.1) is 0 Å². The van der Waals surface area contributed by atoms with E-state index in [0.717, 1.165) is 0 Å². The molecule has 0 saturated heterocycles. The van der Waals surface area contributed by atoms with E-state index < -0.39 is 71.6 Å². The monoisotopic (exact) mass is 587 g/mol. The SMILES string of the molecule is [2H]c1c([2H])c([2H])c(-c2c([2H])c([2H])c3c(oc4c([2H])c([2H])c(-c5c6ccccc6c(-c6c([2H])c([2H])c(-c7ccccc7)c([2H])c6[2H])c6ccccc56)c([2H])c43)c2[2H])c([2H])c1[2H]. The van der Waals surface area contributed by atoms with E-state index in [2.05, 4.69) is 0 Å². The summed E-state index contributed by atoms with van der Waals surface area (Å²) in [5.41, 5.74) is -0.171. The maximum Gasteiger partial charge on any atom is 0.136 e. The quantitative estimate of drug-likeness (QED) is 0.187. The van der Waals surface area contributed by atoms with Crippen molar-refractivity contribution in [2.24, 2.45) is 0 Å². The lowest BCUT2D eigenvalue weighted by atomic mass is 9.85. The Bertz CT molecular complexity index is 3260. The van der Waals surface area contributed by atoms with E-state index in [-0.39, 0.29) is 68.8 Å². The van der Waals surface area contributed by atoms with E-state index in [4.69, 9.17) is 18.1 Å². The minimum atomic E-state index is -0.695. The Balaban J connectivity index is 1.38. The molecule has 0 aliphatic carbocycles. The van der Waals surface area contributed by atoms with Gasteiger partial charge in [-0.15, -0.1) is 0 Å². The van der Waals surface area contributed by atoms with Crippen molar-refractivity contribution in [3.8, 4) is 44.5 Å². The molecule has 9 aromatic rings. The van der Waals surface area contributed by atoms with Gasteiger partial charge in [0.05, 0.1) is 20.6 Å². The maximum absolute atomic E-state index is 9.71. The largest absolute Gasteiger partial charge is 0.456 e. The zero-order valence-corrected chi connectivity index (χ0v) is 23.4. The van der Waals surface area contributed by atoms with Gasteiger partial charge in [0, 0.05) is 10.8 Å². The summed E-state index contributed by atoms with van der Waals surface area (Å²) >= 11 is 0. The van der Waals surface area contributed by atoms with Gasteiger partial charge in [0.2, 0.25) is 0 Å². The van der Waals surface area contributed by atoms with Gasteiger partial charge in [-0.3, -0.25) is 0 Å². The summed E-state index contributed by atoms with van der Waals surface area (Å²) in [4.78, 5) is 0. The molecule has 210 valence electrons. The summed E-state index contributed by atoms with van der Waals surface area (Å²) in [6.07, 6.45) is 0. The summed E-state index contributed by atoms with van der Waals surface area (Å²) in [5.74, 6) is 0. The second-order valence-corrected chi connectivity index (χ2v) is 10.5. The van der Waals surface area contributed by atoms with Gasteiger partial charge >= 0.3 is 0 Å². The lowest BCUT2D eigenvalue weighted by molar-refractivity contribution is 0.669. The Morgan fingerprint density at radius 2 is 0.867 bits per heavy atom. The maximum atomic E-state index is 9.71. The number of benzene rings is 8. The predicted octanol–water partition coefficient (Wildman–Crippen LogP) is 12.6. The van der Waals surface area contributed by atoms with Crippen LogP contribution in [0.3, 0.4) is 0 Å². The topological polar surface area (TPSA) is 13.1 Å². The average molecular weight is 588 g/mol. The highest BCUT2D eigenvalue weighted by molar-refractivity contribution is 6.22. The first-order valence-corrected chi connectivity index (χ1v) is 14.2. The molecule has 1 heteroatoms. The number of fused-ring (bicyclic) bond motifs is 5. The van der Waals surface area contributed by atoms with Crippen molar-refractivity contribution in [1.82, 2.24) is 0 Å². The molecule has 0 atom stereocenters. The van der Waals surface area contributed by atoms with Crippen LogP contribution < -0.4 is 0 Å². The first kappa shape index (κ1) is 14.7. The third-order valence-electron chi connectivity index (χ3n) is 7.88. The molecule has 0 aliphatic heterocycles. The van der Waals surface area contributed by atoms with Gasteiger partial charge in [0.15, 0.2) is 0 Å². The van der Waals surface area contributed by atoms with Crippen molar-refractivity contribution in [2.75, 3.05) is 0 Å². The summed E-state index contributed by atoms with van der Waals surface area (Å²) in [6.45, 7) is 0. The molecule has 0 spiro atoms. The first-order chi connectivity index (χ1) is 28.6. The molecule has 0 saturated carbocycles. The predicted molar refractivity (Wildman–Crippen MR) is 190 cm³/mol. The highest BCUT2D eigenvalue weighted by atomic mass is 16.3. The fraction of sp³-hybridized carbons (Fsp3) is 0. The van der Waals surface area contributed by atoms with Crippen molar-refractivity contribution in [3.63, 3.8) is 0 Å². The molecule has 0 radical (unpaired) electrons. The molecule has 45 heavy (non-hydrogen) atoms. The normalized spacial score (nSPS) is 16.2. The zero-order valence-electron chi connectivity index (χ0n) is 38.4. The molecule has 0 N–H and O–H groups in total. The molecule has 0 amide bonds. The van der Waals surface area contributed by atoms with Crippen molar-refractivity contribution in [2.45, 2.75) is 0 Å². The van der Waals surface area contributed by atoms with Gasteiger partial charge in [0.25, 0.3) is 0 Å². The highest BCUT2D eigenvalue weighted by Gasteiger charge is 2.18. The Morgan fingerprint density at radius 1 is 0.333 bits per heavy atom. The third-order valence-corrected chi connectivity index (χ3v) is 7.88. The Morgan fingerprint density at radius 3 is 1.53 bits per heavy atom. The van der Waals surface area contributed by atoms with Crippen LogP contribution in [-0.2, 0) is 0 Å². The summed E-state index contributed by atoms with van der Waals surface area (Å²) in [5, 5.41) is 1.56. The van der Waals surface area contributed by atoms with Gasteiger partial charge in [-0.25, -0.2) is 0 Å². The summed E-state index contributed by atoms with van der Waals surface area (Å²) in [7, 11) is 0. The molecular formula is C44H28O. The fourth-order valence-corrected chi connectivity index (χ4v) is 5.87. The highest BCUT2D eigenvalue weighted by Crippen LogP contribution is 2.45. The number of rotatable bonds is 4. The molecule has 9 rings (SSSR count). The van der Waals surface area contributed by atoms with E-state index in [1.807, 2.05) is 0 Å². The van der Waals surface area contributed by atoms with Crippen molar-refractivity contribution in [3.05, 3.63) is 169 Å². The van der Waals surface area contributed by atoms with E-state index in [9.17, 15) is 6.85 Å². The third kappa shape index (κ3) is 4.24. The van der Waals surface area contributed by atoms with Gasteiger partial charge < -0.3 is 4.42 Å². The summed E-state index contributed by atoms with van der Waals surface area (Å²) < 4.78 is 140. The fourth-order valence-electron chi connectivity index (χ4n) is 5.87. The van der Waals surface area contributed by atoms with E-state index in [1.54, 1.807) is 78.9 Å². The van der Waals surface area contributed by atoms with E-state index in [0.29, 0.717) is 38.2 Å². The molecular weight excluding hydrogens is 544 g/mol. The van der Waals surface area contributed by atoms with Crippen molar-refractivity contribution >= 4 is 43.5 Å². The molecule has 0 fully saturated rings. The summed E-state index contributed by atoms with van der Waals surface area (Å²) in [6, 6.07) is 15.2. The van der Waals surface area contributed by atoms with Crippen LogP contribution in [0.25, 0.3) is 88.0 Å². The van der Waals surface area contributed by atoms with Crippen molar-refractivity contribution < 1.29 is 25.0 Å². The van der Waals surface area contributed by atoms with Gasteiger partial charge in [-0.1, -0.05) is 145 Å². The van der Waals surface area contributed by atoms with Gasteiger partial charge in [-0.05, 0) is 90.2 Å². The Kier molecular flexibility index (Phi) is 3.39. The number of furan rings is 1. The van der Waals surface area contributed by atoms with E-state index in [1.165, 1.54) is 0 Å². The lowest BCUT2D eigenvalue weighted by Crippen LogP contribution is -1.91. The van der Waals surface area contributed by atoms with Crippen LogP contribution in [0.2, 0.25) is 0 Å². The molecule has 0 unspecified atom stereocenters. The van der Waals surface area contributed by atoms with Crippen molar-refractivity contribution in [1.29, 1.82) is 0 Å². The molecule has 1 nitrogen and oxygen atoms in total. The van der Waals surface area contributed by atoms with Crippen LogP contribution in [0.4, 0.5) is 0 Å². The molecule has 0 bridgehead atoms. The minimum Gasteiger partial charge on any atom is -0.456 e. The zero-order chi connectivity index (χ0) is 42.8. The van der Waals surface area contributed by atoms with Gasteiger partial charge in [-0.2, -0.15) is 0 Å². The van der Waals surface area contributed by atoms with Crippen LogP contribution in [0.5, 0.6) is 0 Å². The smallest absolute Gasteiger partial charge is 0.136 e. The number of hydrogen-bond acceptors (Lipinski definition) is 1. The van der Waals surface area contributed by atoms with Gasteiger partial charge in [0.1, 0.15) is 11.2 Å². The van der Waals surface area contributed by atoms with E-state index >= 15 is 0 Å². The molecule has 1 aromatic heterocycles. The second kappa shape index (κ2) is 10.4. The number of hydrogen-bond donors (Lipinski definition) is 0. The van der Waals surface area contributed by atoms with Crippen LogP contribution in [0.1, 0.15) is 20.6 Å². The average Bonchev–Trinajstić information content (AvgIpc) is 3.67. The molecule has 8 aromatic carbocycles. The standard InChI is InChI=1S/C44H28O/c1-3-11-29(12-4-1)31-19-21-32(22-20-31)43-36-15-7-9-17-38(36)44(39-18-10-8-16-37(39)43)34-24-26-41-40(27-34)35-25-23-33(28-42(35)45-41)30-13-5-2-6-14-30/h1-28H/i2D,5D,6D,13D,14D,19D,20D,21D,22D,23D,24D,25D,26D,27D,28D. The Labute approximate surface area is 282 Å². The molecule has 0 aliphatic rings.